The van der Waals surface area contributed by atoms with Crippen LogP contribution in [0, 0.1) is 5.82 Å². The van der Waals surface area contributed by atoms with Gasteiger partial charge in [-0.1, -0.05) is 92.7 Å². The van der Waals surface area contributed by atoms with Crippen molar-refractivity contribution in [1.29, 1.82) is 0 Å². The maximum absolute atomic E-state index is 13.9. The third-order valence-electron chi connectivity index (χ3n) is 10.1. The normalized spacial score (nSPS) is 13.3. The van der Waals surface area contributed by atoms with Crippen LogP contribution >= 0.6 is 0 Å². The van der Waals surface area contributed by atoms with E-state index in [0.29, 0.717) is 17.5 Å². The van der Waals surface area contributed by atoms with Gasteiger partial charge in [-0.25, -0.2) is 19.3 Å². The molecule has 9 rings (SSSR count). The Morgan fingerprint density at radius 1 is 0.574 bits per heavy atom. The highest BCUT2D eigenvalue weighted by atomic mass is 19.1. The number of aromatic nitrogens is 3. The molecule has 0 bridgehead atoms. The summed E-state index contributed by atoms with van der Waals surface area (Å²) in [7, 11) is 0. The summed E-state index contributed by atoms with van der Waals surface area (Å²) in [5.41, 5.74) is 9.33. The van der Waals surface area contributed by atoms with E-state index >= 15 is 0 Å². The van der Waals surface area contributed by atoms with E-state index in [-0.39, 0.29) is 11.2 Å². The van der Waals surface area contributed by atoms with Gasteiger partial charge in [0.15, 0.2) is 17.5 Å². The van der Waals surface area contributed by atoms with Crippen LogP contribution in [0.5, 0.6) is 0 Å². The molecule has 0 saturated carbocycles. The molecule has 0 radical (unpaired) electrons. The molecule has 0 saturated heterocycles. The van der Waals surface area contributed by atoms with Gasteiger partial charge in [0.1, 0.15) is 17.0 Å². The summed E-state index contributed by atoms with van der Waals surface area (Å²) in [5.74, 6) is 1.37. The van der Waals surface area contributed by atoms with Crippen LogP contribution in [-0.2, 0) is 5.41 Å². The Kier molecular flexibility index (Phi) is 6.13. The van der Waals surface area contributed by atoms with E-state index in [4.69, 9.17) is 19.4 Å². The minimum Gasteiger partial charge on any atom is -0.456 e. The molecule has 0 unspecified atom stereocenters. The first-order chi connectivity index (χ1) is 23.1. The Hall–Kier alpha value is -5.68. The van der Waals surface area contributed by atoms with Crippen LogP contribution in [0.3, 0.4) is 0 Å². The van der Waals surface area contributed by atoms with Gasteiger partial charge < -0.3 is 4.42 Å². The monoisotopic (exact) mass is 611 g/mol. The quantitative estimate of drug-likeness (QED) is 0.194. The second-order valence-corrected chi connectivity index (χ2v) is 12.3. The summed E-state index contributed by atoms with van der Waals surface area (Å²) in [4.78, 5) is 15.1. The van der Waals surface area contributed by atoms with Crippen molar-refractivity contribution in [2.45, 2.75) is 32.1 Å². The zero-order valence-electron chi connectivity index (χ0n) is 26.1. The van der Waals surface area contributed by atoms with Gasteiger partial charge in [-0.15, -0.1) is 0 Å². The highest BCUT2D eigenvalue weighted by molar-refractivity contribution is 6.15. The van der Waals surface area contributed by atoms with Crippen molar-refractivity contribution < 1.29 is 8.81 Å². The summed E-state index contributed by atoms with van der Waals surface area (Å²) >= 11 is 0. The Morgan fingerprint density at radius 2 is 1.26 bits per heavy atom. The van der Waals surface area contributed by atoms with Crippen LogP contribution in [0.15, 0.2) is 126 Å². The Labute approximate surface area is 271 Å². The average molecular weight is 612 g/mol. The molecule has 47 heavy (non-hydrogen) atoms. The maximum Gasteiger partial charge on any atom is 0.164 e. The number of benzene rings is 6. The largest absolute Gasteiger partial charge is 0.456 e. The van der Waals surface area contributed by atoms with Crippen LogP contribution in [0.4, 0.5) is 4.39 Å². The van der Waals surface area contributed by atoms with Gasteiger partial charge in [-0.2, -0.15) is 0 Å². The first kappa shape index (κ1) is 27.6. The molecule has 0 spiro atoms. The average Bonchev–Trinajstić information content (AvgIpc) is 3.64. The third-order valence-corrected chi connectivity index (χ3v) is 10.1. The van der Waals surface area contributed by atoms with E-state index in [2.05, 4.69) is 80.6 Å². The van der Waals surface area contributed by atoms with Crippen LogP contribution in [0.1, 0.15) is 37.8 Å². The van der Waals surface area contributed by atoms with Crippen molar-refractivity contribution in [3.63, 3.8) is 0 Å². The molecule has 8 aromatic rings. The van der Waals surface area contributed by atoms with Crippen molar-refractivity contribution in [3.05, 3.63) is 138 Å². The van der Waals surface area contributed by atoms with Crippen LogP contribution < -0.4 is 0 Å². The van der Waals surface area contributed by atoms with Gasteiger partial charge in [0, 0.05) is 32.9 Å². The molecule has 0 amide bonds. The van der Waals surface area contributed by atoms with Crippen molar-refractivity contribution in [3.8, 4) is 45.3 Å². The molecule has 226 valence electrons. The fourth-order valence-corrected chi connectivity index (χ4v) is 7.72. The standard InChI is InChI=1S/C42H30FN3O/c1-3-42(4-2)33-22-23-36-38(32-13-7-8-15-35(32)47-36)37(33)31-21-18-27(24-34(31)42)40-44-39(26-16-19-28(43)20-17-26)45-41(46-40)30-14-9-11-25-10-5-6-12-29(25)30/h5-24H,3-4H2,1-2H3. The van der Waals surface area contributed by atoms with Gasteiger partial charge in [-0.3, -0.25) is 0 Å². The van der Waals surface area contributed by atoms with E-state index in [9.17, 15) is 4.39 Å². The fraction of sp³-hybridized carbons (Fsp3) is 0.119. The fourth-order valence-electron chi connectivity index (χ4n) is 7.72. The Balaban J connectivity index is 1.29. The molecular weight excluding hydrogens is 581 g/mol. The van der Waals surface area contributed by atoms with Crippen LogP contribution in [0.2, 0.25) is 0 Å². The SMILES string of the molecule is CCC1(CC)c2cc(-c3nc(-c4ccc(F)cc4)nc(-c4cccc5ccccc45)n3)ccc2-c2c1ccc1oc3ccccc3c21. The van der Waals surface area contributed by atoms with Crippen molar-refractivity contribution in [2.24, 2.45) is 0 Å². The van der Waals surface area contributed by atoms with Crippen molar-refractivity contribution in [2.75, 3.05) is 0 Å². The number of fused-ring (bicyclic) bond motifs is 8. The van der Waals surface area contributed by atoms with Crippen LogP contribution in [0.25, 0.3) is 78.0 Å². The lowest BCUT2D eigenvalue weighted by Gasteiger charge is -2.29. The molecule has 2 aromatic heterocycles. The number of para-hydroxylation sites is 1. The zero-order valence-corrected chi connectivity index (χ0v) is 26.1. The summed E-state index contributed by atoms with van der Waals surface area (Å²) in [5, 5.41) is 4.49. The van der Waals surface area contributed by atoms with Gasteiger partial charge in [-0.05, 0) is 88.3 Å². The predicted molar refractivity (Wildman–Crippen MR) is 188 cm³/mol. The number of furan rings is 1. The third kappa shape index (κ3) is 4.09. The topological polar surface area (TPSA) is 51.8 Å². The molecule has 5 heteroatoms. The molecule has 0 atom stereocenters. The molecule has 1 aliphatic rings. The zero-order chi connectivity index (χ0) is 31.7. The highest BCUT2D eigenvalue weighted by Gasteiger charge is 2.42. The summed E-state index contributed by atoms with van der Waals surface area (Å²) < 4.78 is 20.3. The second kappa shape index (κ2) is 10.4. The molecule has 0 aliphatic heterocycles. The first-order valence-electron chi connectivity index (χ1n) is 16.2. The number of nitrogens with zero attached hydrogens (tertiary/aromatic N) is 3. The smallest absolute Gasteiger partial charge is 0.164 e. The number of halogens is 1. The lowest BCUT2D eigenvalue weighted by atomic mass is 9.73. The number of hydrogen-bond acceptors (Lipinski definition) is 4. The minimum absolute atomic E-state index is 0.168. The Morgan fingerprint density at radius 3 is 2.06 bits per heavy atom. The lowest BCUT2D eigenvalue weighted by Crippen LogP contribution is -2.23. The second-order valence-electron chi connectivity index (χ2n) is 12.3. The van der Waals surface area contributed by atoms with Gasteiger partial charge in [0.2, 0.25) is 0 Å². The van der Waals surface area contributed by atoms with Gasteiger partial charge in [0.05, 0.1) is 0 Å². The Bertz CT molecular complexity index is 2500. The summed E-state index contributed by atoms with van der Waals surface area (Å²) in [6.45, 7) is 4.56. The highest BCUT2D eigenvalue weighted by Crippen LogP contribution is 2.56. The van der Waals surface area contributed by atoms with Crippen molar-refractivity contribution in [1.82, 2.24) is 15.0 Å². The molecule has 1 aliphatic carbocycles. The van der Waals surface area contributed by atoms with E-state index in [1.165, 1.54) is 39.8 Å². The van der Waals surface area contributed by atoms with Gasteiger partial charge in [0.25, 0.3) is 0 Å². The first-order valence-corrected chi connectivity index (χ1v) is 16.2. The lowest BCUT2D eigenvalue weighted by molar-refractivity contribution is 0.490. The molecule has 0 fully saturated rings. The summed E-state index contributed by atoms with van der Waals surface area (Å²) in [6.07, 6.45) is 1.90. The molecular formula is C42H30FN3O. The van der Waals surface area contributed by atoms with E-state index in [1.807, 2.05) is 30.3 Å². The maximum atomic E-state index is 13.9. The van der Waals surface area contributed by atoms with E-state index in [0.717, 1.165) is 56.9 Å². The summed E-state index contributed by atoms with van der Waals surface area (Å²) in [6, 6.07) is 40.1. The number of rotatable bonds is 5. The van der Waals surface area contributed by atoms with Crippen LogP contribution in [-0.4, -0.2) is 15.0 Å². The van der Waals surface area contributed by atoms with Crippen molar-refractivity contribution >= 4 is 32.7 Å². The minimum atomic E-state index is -0.300. The number of hydrogen-bond donors (Lipinski definition) is 0. The molecule has 4 nitrogen and oxygen atoms in total. The van der Waals surface area contributed by atoms with E-state index < -0.39 is 0 Å². The molecule has 6 aromatic carbocycles. The van der Waals surface area contributed by atoms with E-state index in [1.54, 1.807) is 12.1 Å². The predicted octanol–water partition coefficient (Wildman–Crippen LogP) is 11.2. The molecule has 2 heterocycles. The molecule has 0 N–H and O–H groups in total. The van der Waals surface area contributed by atoms with Gasteiger partial charge >= 0.3 is 0 Å².